The first kappa shape index (κ1) is 17.6. The van der Waals surface area contributed by atoms with Crippen LogP contribution >= 0.6 is 11.3 Å². The van der Waals surface area contributed by atoms with Crippen LogP contribution in [-0.2, 0) is 6.42 Å². The molecule has 7 heteroatoms. The van der Waals surface area contributed by atoms with Gasteiger partial charge in [0.2, 0.25) is 11.7 Å². The van der Waals surface area contributed by atoms with Gasteiger partial charge >= 0.3 is 0 Å². The largest absolute Gasteiger partial charge is 0.497 e. The van der Waals surface area contributed by atoms with E-state index >= 15 is 0 Å². The molecule has 0 saturated heterocycles. The molecule has 0 aliphatic carbocycles. The fourth-order valence-corrected chi connectivity index (χ4v) is 4.35. The highest BCUT2D eigenvalue weighted by Gasteiger charge is 2.17. The Morgan fingerprint density at radius 1 is 1.07 bits per heavy atom. The molecule has 0 saturated carbocycles. The van der Waals surface area contributed by atoms with Crippen molar-refractivity contribution in [1.82, 2.24) is 19.9 Å². The predicted molar refractivity (Wildman–Crippen MR) is 113 cm³/mol. The number of thiophene rings is 1. The molecule has 0 unspecified atom stereocenters. The highest BCUT2D eigenvalue weighted by molar-refractivity contribution is 7.21. The zero-order valence-corrected chi connectivity index (χ0v) is 16.8. The number of hydrogen-bond donors (Lipinski definition) is 0. The van der Waals surface area contributed by atoms with E-state index in [0.29, 0.717) is 18.1 Å². The van der Waals surface area contributed by atoms with Gasteiger partial charge in [-0.05, 0) is 42.8 Å². The van der Waals surface area contributed by atoms with Crippen molar-refractivity contribution in [2.75, 3.05) is 7.11 Å². The number of para-hydroxylation sites is 1. The smallest absolute Gasteiger partial charge is 0.231 e. The quantitative estimate of drug-likeness (QED) is 0.412. The maximum absolute atomic E-state index is 5.49. The summed E-state index contributed by atoms with van der Waals surface area (Å²) >= 11 is 1.62. The maximum atomic E-state index is 5.49. The molecule has 5 rings (SSSR count). The van der Waals surface area contributed by atoms with Gasteiger partial charge in [0, 0.05) is 5.39 Å². The molecule has 29 heavy (non-hydrogen) atoms. The third kappa shape index (κ3) is 3.30. The molecule has 0 N–H and O–H groups in total. The second-order valence-corrected chi connectivity index (χ2v) is 7.73. The van der Waals surface area contributed by atoms with Gasteiger partial charge in [0.25, 0.3) is 0 Å². The Kier molecular flexibility index (Phi) is 4.37. The van der Waals surface area contributed by atoms with Crippen LogP contribution in [0.25, 0.3) is 26.6 Å². The molecular formula is C22H18N4O2S. The van der Waals surface area contributed by atoms with Gasteiger partial charge in [-0.2, -0.15) is 10.1 Å². The zero-order valence-electron chi connectivity index (χ0n) is 16.0. The van der Waals surface area contributed by atoms with E-state index in [1.54, 1.807) is 18.4 Å². The Labute approximate surface area is 171 Å². The number of benzene rings is 2. The van der Waals surface area contributed by atoms with E-state index in [4.69, 9.17) is 9.26 Å². The summed E-state index contributed by atoms with van der Waals surface area (Å²) in [4.78, 5) is 6.64. The van der Waals surface area contributed by atoms with Gasteiger partial charge in [0.05, 0.1) is 29.8 Å². The van der Waals surface area contributed by atoms with E-state index < -0.39 is 0 Å². The van der Waals surface area contributed by atoms with E-state index in [2.05, 4.69) is 21.3 Å². The summed E-state index contributed by atoms with van der Waals surface area (Å²) in [6, 6.07) is 20.1. The zero-order chi connectivity index (χ0) is 19.8. The van der Waals surface area contributed by atoms with Gasteiger partial charge in [-0.3, -0.25) is 0 Å². The van der Waals surface area contributed by atoms with Crippen molar-refractivity contribution in [1.29, 1.82) is 0 Å². The second kappa shape index (κ2) is 7.18. The number of hydrogen-bond acceptors (Lipinski definition) is 6. The first-order chi connectivity index (χ1) is 14.2. The molecule has 3 heterocycles. The molecule has 0 aliphatic heterocycles. The Bertz CT molecular complexity index is 1270. The molecule has 0 bridgehead atoms. The summed E-state index contributed by atoms with van der Waals surface area (Å²) in [5.41, 5.74) is 3.11. The fourth-order valence-electron chi connectivity index (χ4n) is 3.25. The predicted octanol–water partition coefficient (Wildman–Crippen LogP) is 5.04. The molecule has 0 radical (unpaired) electrons. The SMILES string of the molecule is COc1ccc(Cc2nc(-c3cc4c(C)nn(-c5ccccc5)c4s3)no2)cc1. The third-order valence-corrected chi connectivity index (χ3v) is 5.85. The van der Waals surface area contributed by atoms with Crippen LogP contribution in [0.3, 0.4) is 0 Å². The standard InChI is InChI=1S/C22H18N4O2S/c1-14-18-13-19(29-22(18)26(24-14)16-6-4-3-5-7-16)21-23-20(28-25-21)12-15-8-10-17(27-2)11-9-15/h3-11,13H,12H2,1-2H3. The number of aromatic nitrogens is 4. The van der Waals surface area contributed by atoms with Gasteiger partial charge in [0.15, 0.2) is 0 Å². The molecule has 3 aromatic heterocycles. The van der Waals surface area contributed by atoms with Crippen molar-refractivity contribution in [2.24, 2.45) is 0 Å². The van der Waals surface area contributed by atoms with Gasteiger partial charge in [0.1, 0.15) is 10.6 Å². The summed E-state index contributed by atoms with van der Waals surface area (Å²) in [5, 5.41) is 9.98. The highest BCUT2D eigenvalue weighted by atomic mass is 32.1. The van der Waals surface area contributed by atoms with Gasteiger partial charge in [-0.15, -0.1) is 11.3 Å². The van der Waals surface area contributed by atoms with Crippen LogP contribution in [0.15, 0.2) is 65.2 Å². The second-order valence-electron chi connectivity index (χ2n) is 6.70. The lowest BCUT2D eigenvalue weighted by molar-refractivity contribution is 0.385. The molecular weight excluding hydrogens is 384 g/mol. The maximum Gasteiger partial charge on any atom is 0.231 e. The van der Waals surface area contributed by atoms with Crippen molar-refractivity contribution in [3.05, 3.63) is 77.8 Å². The molecule has 0 atom stereocenters. The molecule has 0 amide bonds. The van der Waals surface area contributed by atoms with Gasteiger partial charge in [-0.25, -0.2) is 4.68 Å². The van der Waals surface area contributed by atoms with E-state index in [-0.39, 0.29) is 0 Å². The topological polar surface area (TPSA) is 66.0 Å². The van der Waals surface area contributed by atoms with Crippen molar-refractivity contribution in [3.63, 3.8) is 0 Å². The summed E-state index contributed by atoms with van der Waals surface area (Å²) < 4.78 is 12.7. The average Bonchev–Trinajstić information content (AvgIpc) is 3.46. The summed E-state index contributed by atoms with van der Waals surface area (Å²) in [5.74, 6) is 2.02. The van der Waals surface area contributed by atoms with E-state index in [1.165, 1.54) is 0 Å². The minimum absolute atomic E-state index is 0.582. The van der Waals surface area contributed by atoms with Crippen LogP contribution < -0.4 is 4.74 Å². The number of ether oxygens (including phenoxy) is 1. The number of nitrogens with zero attached hydrogens (tertiary/aromatic N) is 4. The van der Waals surface area contributed by atoms with Crippen LogP contribution in [0.5, 0.6) is 5.75 Å². The molecule has 6 nitrogen and oxygen atoms in total. The van der Waals surface area contributed by atoms with Crippen LogP contribution in [-0.4, -0.2) is 27.0 Å². The average molecular weight is 402 g/mol. The lowest BCUT2D eigenvalue weighted by atomic mass is 10.1. The van der Waals surface area contributed by atoms with Gasteiger partial charge in [-0.1, -0.05) is 35.5 Å². The Morgan fingerprint density at radius 3 is 2.62 bits per heavy atom. The summed E-state index contributed by atoms with van der Waals surface area (Å²) in [7, 11) is 1.66. The summed E-state index contributed by atoms with van der Waals surface area (Å²) in [6.07, 6.45) is 0.582. The Morgan fingerprint density at radius 2 is 1.86 bits per heavy atom. The molecule has 5 aromatic rings. The van der Waals surface area contributed by atoms with Crippen molar-refractivity contribution >= 4 is 21.6 Å². The first-order valence-electron chi connectivity index (χ1n) is 9.22. The van der Waals surface area contributed by atoms with Crippen molar-refractivity contribution < 1.29 is 9.26 Å². The van der Waals surface area contributed by atoms with Crippen LogP contribution in [0.2, 0.25) is 0 Å². The Hall–Kier alpha value is -3.45. The van der Waals surface area contributed by atoms with Crippen molar-refractivity contribution in [2.45, 2.75) is 13.3 Å². The van der Waals surface area contributed by atoms with Gasteiger partial charge < -0.3 is 9.26 Å². The number of rotatable bonds is 5. The van der Waals surface area contributed by atoms with E-state index in [9.17, 15) is 0 Å². The van der Waals surface area contributed by atoms with E-state index in [1.807, 2.05) is 66.2 Å². The number of aryl methyl sites for hydroxylation is 1. The van der Waals surface area contributed by atoms with Crippen LogP contribution in [0.4, 0.5) is 0 Å². The lowest BCUT2D eigenvalue weighted by Gasteiger charge is -2.00. The van der Waals surface area contributed by atoms with Crippen LogP contribution in [0, 0.1) is 6.92 Å². The minimum atomic E-state index is 0.582. The molecule has 0 aliphatic rings. The number of fused-ring (bicyclic) bond motifs is 1. The Balaban J connectivity index is 1.45. The third-order valence-electron chi connectivity index (χ3n) is 4.75. The fraction of sp³-hybridized carbons (Fsp3) is 0.136. The highest BCUT2D eigenvalue weighted by Crippen LogP contribution is 2.35. The minimum Gasteiger partial charge on any atom is -0.497 e. The number of methoxy groups -OCH3 is 1. The molecule has 144 valence electrons. The van der Waals surface area contributed by atoms with Crippen LogP contribution in [0.1, 0.15) is 17.1 Å². The summed E-state index contributed by atoms with van der Waals surface area (Å²) in [6.45, 7) is 2.02. The molecule has 2 aromatic carbocycles. The van der Waals surface area contributed by atoms with Crippen molar-refractivity contribution in [3.8, 4) is 22.1 Å². The monoisotopic (exact) mass is 402 g/mol. The lowest BCUT2D eigenvalue weighted by Crippen LogP contribution is -1.94. The first-order valence-corrected chi connectivity index (χ1v) is 10.0. The molecule has 0 fully saturated rings. The molecule has 0 spiro atoms. The van der Waals surface area contributed by atoms with E-state index in [0.717, 1.165) is 37.8 Å². The normalized spacial score (nSPS) is 11.2.